The second-order valence-electron chi connectivity index (χ2n) is 6.25. The monoisotopic (exact) mass is 278 g/mol. The average molecular weight is 278 g/mol. The normalized spacial score (nSPS) is 39.5. The van der Waals surface area contributed by atoms with Gasteiger partial charge in [-0.1, -0.05) is 12.2 Å². The number of carboxylic acid groups (broad SMARTS) is 1. The second kappa shape index (κ2) is 5.56. The van der Waals surface area contributed by atoms with Crippen molar-refractivity contribution in [3.05, 3.63) is 12.2 Å². The molecule has 4 aliphatic rings. The van der Waals surface area contributed by atoms with Gasteiger partial charge in [0.25, 0.3) is 0 Å². The minimum Gasteiger partial charge on any atom is -0.481 e. The SMILES string of the molecule is O=C(O)[C@H]1CC=CC[C@H]1C(=O)NC1CN2CCC1CC2. The molecule has 2 bridgehead atoms. The molecule has 1 amide bonds. The Bertz CT molecular complexity index is 427. The van der Waals surface area contributed by atoms with E-state index in [-0.39, 0.29) is 11.9 Å². The Balaban J connectivity index is 1.63. The van der Waals surface area contributed by atoms with Crippen molar-refractivity contribution in [2.75, 3.05) is 19.6 Å². The van der Waals surface area contributed by atoms with Crippen LogP contribution >= 0.6 is 0 Å². The number of hydrogen-bond donors (Lipinski definition) is 2. The summed E-state index contributed by atoms with van der Waals surface area (Å²) in [7, 11) is 0. The Labute approximate surface area is 119 Å². The molecule has 3 atom stereocenters. The van der Waals surface area contributed by atoms with Gasteiger partial charge in [0.15, 0.2) is 0 Å². The average Bonchev–Trinajstić information content (AvgIpc) is 2.48. The van der Waals surface area contributed by atoms with Crippen LogP contribution in [0.4, 0.5) is 0 Å². The van der Waals surface area contributed by atoms with E-state index in [2.05, 4.69) is 10.2 Å². The van der Waals surface area contributed by atoms with Crippen molar-refractivity contribution in [2.45, 2.75) is 31.7 Å². The number of fused-ring (bicyclic) bond motifs is 3. The lowest BCUT2D eigenvalue weighted by molar-refractivity contribution is -0.147. The Morgan fingerprint density at radius 2 is 1.75 bits per heavy atom. The molecule has 110 valence electrons. The van der Waals surface area contributed by atoms with Crippen LogP contribution in [-0.4, -0.2) is 47.6 Å². The van der Waals surface area contributed by atoms with E-state index in [1.54, 1.807) is 0 Å². The zero-order chi connectivity index (χ0) is 14.1. The van der Waals surface area contributed by atoms with Crippen LogP contribution in [0.1, 0.15) is 25.7 Å². The highest BCUT2D eigenvalue weighted by molar-refractivity contribution is 5.85. The maximum atomic E-state index is 12.4. The molecule has 5 nitrogen and oxygen atoms in total. The smallest absolute Gasteiger partial charge is 0.307 e. The maximum Gasteiger partial charge on any atom is 0.307 e. The molecule has 3 fully saturated rings. The predicted molar refractivity (Wildman–Crippen MR) is 74.1 cm³/mol. The number of hydrogen-bond acceptors (Lipinski definition) is 3. The van der Waals surface area contributed by atoms with Crippen LogP contribution in [0.15, 0.2) is 12.2 Å². The van der Waals surface area contributed by atoms with E-state index in [0.29, 0.717) is 18.8 Å². The standard InChI is InChI=1S/C15H22N2O3/c18-14(11-3-1-2-4-12(11)15(19)20)16-13-9-17-7-5-10(13)6-8-17/h1-2,10-13H,3-9H2,(H,16,18)(H,19,20)/t11-,12+,13?/m1/s1. The first-order chi connectivity index (χ1) is 9.65. The first-order valence-corrected chi connectivity index (χ1v) is 7.55. The number of nitrogens with one attached hydrogen (secondary N) is 1. The lowest BCUT2D eigenvalue weighted by Crippen LogP contribution is -2.58. The van der Waals surface area contributed by atoms with E-state index in [1.807, 2.05) is 12.2 Å². The van der Waals surface area contributed by atoms with Crippen LogP contribution < -0.4 is 5.32 Å². The number of aliphatic carboxylic acids is 1. The molecule has 0 aromatic carbocycles. The summed E-state index contributed by atoms with van der Waals surface area (Å²) < 4.78 is 0. The molecule has 20 heavy (non-hydrogen) atoms. The Kier molecular flexibility index (Phi) is 3.78. The van der Waals surface area contributed by atoms with Crippen molar-refractivity contribution in [3.63, 3.8) is 0 Å². The van der Waals surface area contributed by atoms with Crippen molar-refractivity contribution in [3.8, 4) is 0 Å². The molecule has 3 heterocycles. The van der Waals surface area contributed by atoms with E-state index in [0.717, 1.165) is 32.5 Å². The molecule has 1 unspecified atom stereocenters. The molecular formula is C15H22N2O3. The number of rotatable bonds is 3. The molecule has 0 radical (unpaired) electrons. The molecule has 5 heteroatoms. The molecule has 4 rings (SSSR count). The highest BCUT2D eigenvalue weighted by Gasteiger charge is 2.38. The molecule has 0 aromatic rings. The van der Waals surface area contributed by atoms with Crippen molar-refractivity contribution < 1.29 is 14.7 Å². The molecule has 2 N–H and O–H groups in total. The first-order valence-electron chi connectivity index (χ1n) is 7.55. The number of nitrogens with zero attached hydrogens (tertiary/aromatic N) is 1. The van der Waals surface area contributed by atoms with Gasteiger partial charge < -0.3 is 15.3 Å². The number of amides is 1. The third-order valence-corrected chi connectivity index (χ3v) is 5.07. The molecule has 1 aliphatic carbocycles. The number of carbonyl (C=O) groups excluding carboxylic acids is 1. The third-order valence-electron chi connectivity index (χ3n) is 5.07. The van der Waals surface area contributed by atoms with Gasteiger partial charge in [-0.15, -0.1) is 0 Å². The predicted octanol–water partition coefficient (Wildman–Crippen LogP) is 0.864. The van der Waals surface area contributed by atoms with Gasteiger partial charge in [0.1, 0.15) is 0 Å². The molecular weight excluding hydrogens is 256 g/mol. The van der Waals surface area contributed by atoms with Crippen LogP contribution in [0, 0.1) is 17.8 Å². The van der Waals surface area contributed by atoms with Gasteiger partial charge in [-0.05, 0) is 44.7 Å². The summed E-state index contributed by atoms with van der Waals surface area (Å²) in [4.78, 5) is 26.1. The van der Waals surface area contributed by atoms with Crippen molar-refractivity contribution in [1.82, 2.24) is 10.2 Å². The van der Waals surface area contributed by atoms with Gasteiger partial charge in [0, 0.05) is 12.6 Å². The lowest BCUT2D eigenvalue weighted by Gasteiger charge is -2.45. The summed E-state index contributed by atoms with van der Waals surface area (Å²) in [5.74, 6) is -1.33. The zero-order valence-corrected chi connectivity index (χ0v) is 11.6. The summed E-state index contributed by atoms with van der Waals surface area (Å²) in [5, 5.41) is 12.4. The van der Waals surface area contributed by atoms with E-state index in [1.165, 1.54) is 0 Å². The van der Waals surface area contributed by atoms with Crippen molar-refractivity contribution in [2.24, 2.45) is 17.8 Å². The summed E-state index contributed by atoms with van der Waals surface area (Å²) in [5.41, 5.74) is 0. The Morgan fingerprint density at radius 1 is 1.10 bits per heavy atom. The molecule has 0 saturated carbocycles. The summed E-state index contributed by atoms with van der Waals surface area (Å²) in [6.45, 7) is 3.21. The summed E-state index contributed by atoms with van der Waals surface area (Å²) in [6, 6.07) is 0.213. The van der Waals surface area contributed by atoms with Gasteiger partial charge >= 0.3 is 5.97 Å². The zero-order valence-electron chi connectivity index (χ0n) is 11.6. The van der Waals surface area contributed by atoms with Gasteiger partial charge in [-0.3, -0.25) is 9.59 Å². The van der Waals surface area contributed by atoms with Crippen LogP contribution in [0.5, 0.6) is 0 Å². The van der Waals surface area contributed by atoms with E-state index < -0.39 is 17.8 Å². The minimum absolute atomic E-state index is 0.0690. The van der Waals surface area contributed by atoms with Crippen LogP contribution in [0.2, 0.25) is 0 Å². The topological polar surface area (TPSA) is 69.6 Å². The quantitative estimate of drug-likeness (QED) is 0.751. The Hall–Kier alpha value is -1.36. The van der Waals surface area contributed by atoms with Gasteiger partial charge in [-0.2, -0.15) is 0 Å². The number of piperidine rings is 3. The molecule has 3 aliphatic heterocycles. The van der Waals surface area contributed by atoms with E-state index in [9.17, 15) is 14.7 Å². The van der Waals surface area contributed by atoms with Crippen molar-refractivity contribution >= 4 is 11.9 Å². The van der Waals surface area contributed by atoms with Gasteiger partial charge in [-0.25, -0.2) is 0 Å². The van der Waals surface area contributed by atoms with Crippen LogP contribution in [-0.2, 0) is 9.59 Å². The molecule has 3 saturated heterocycles. The fraction of sp³-hybridized carbons (Fsp3) is 0.733. The van der Waals surface area contributed by atoms with Gasteiger partial charge in [0.2, 0.25) is 5.91 Å². The van der Waals surface area contributed by atoms with E-state index >= 15 is 0 Å². The molecule has 0 aromatic heterocycles. The fourth-order valence-corrected chi connectivity index (χ4v) is 3.80. The lowest BCUT2D eigenvalue weighted by atomic mass is 9.80. The molecule has 0 spiro atoms. The highest BCUT2D eigenvalue weighted by atomic mass is 16.4. The first kappa shape index (κ1) is 13.6. The summed E-state index contributed by atoms with van der Waals surface area (Å²) in [6.07, 6.45) is 7.12. The minimum atomic E-state index is -0.858. The highest BCUT2D eigenvalue weighted by Crippen LogP contribution is 2.30. The number of carboxylic acids is 1. The van der Waals surface area contributed by atoms with E-state index in [4.69, 9.17) is 0 Å². The van der Waals surface area contributed by atoms with Gasteiger partial charge in [0.05, 0.1) is 11.8 Å². The second-order valence-corrected chi connectivity index (χ2v) is 6.25. The van der Waals surface area contributed by atoms with Crippen molar-refractivity contribution in [1.29, 1.82) is 0 Å². The largest absolute Gasteiger partial charge is 0.481 e. The fourth-order valence-electron chi connectivity index (χ4n) is 3.80. The Morgan fingerprint density at radius 3 is 2.30 bits per heavy atom. The number of carbonyl (C=O) groups is 2. The van der Waals surface area contributed by atoms with Crippen LogP contribution in [0.3, 0.4) is 0 Å². The summed E-state index contributed by atoms with van der Waals surface area (Å²) >= 11 is 0. The third kappa shape index (κ3) is 2.59. The van der Waals surface area contributed by atoms with Crippen LogP contribution in [0.25, 0.3) is 0 Å². The number of allylic oxidation sites excluding steroid dienone is 2. The maximum absolute atomic E-state index is 12.4.